The summed E-state index contributed by atoms with van der Waals surface area (Å²) in [7, 11) is -4.38. The first-order valence-corrected chi connectivity index (χ1v) is 21.2. The molecule has 0 saturated heterocycles. The molecule has 0 aliphatic rings. The fourth-order valence-corrected chi connectivity index (χ4v) is 6.25. The topological polar surface area (TPSA) is 104 Å². The molecule has 0 aromatic carbocycles. The van der Waals surface area contributed by atoms with E-state index >= 15 is 0 Å². The minimum absolute atomic E-state index is 0.0607. The maximum absolute atomic E-state index is 12.4. The molecule has 3 N–H and O–H groups in total. The first kappa shape index (κ1) is 46.8. The Balaban J connectivity index is 4.07. The first-order valence-electron chi connectivity index (χ1n) is 19.6. The normalized spacial score (nSPS) is 14.1. The molecule has 2 atom stereocenters. The Bertz CT molecular complexity index is 1040. The number of unbranched alkanes of at least 4 members (excludes halogenated alkanes) is 17. The molecule has 0 spiro atoms. The van der Waals surface area contributed by atoms with E-state index in [0.29, 0.717) is 6.42 Å². The van der Waals surface area contributed by atoms with Crippen LogP contribution < -0.4 is 5.32 Å². The summed E-state index contributed by atoms with van der Waals surface area (Å²) in [6.45, 7) is 4.40. The molecule has 49 heavy (non-hydrogen) atoms. The molecule has 0 aromatic rings. The van der Waals surface area contributed by atoms with E-state index in [-0.39, 0.29) is 6.42 Å². The van der Waals surface area contributed by atoms with Crippen LogP contribution in [0.5, 0.6) is 0 Å². The molecule has 282 valence electrons. The first-order chi connectivity index (χ1) is 23.8. The van der Waals surface area contributed by atoms with Crippen LogP contribution in [-0.4, -0.2) is 41.9 Å². The minimum Gasteiger partial charge on any atom is -0.387 e. The maximum atomic E-state index is 12.4. The van der Waals surface area contributed by atoms with Gasteiger partial charge in [0.2, 0.25) is 5.91 Å². The van der Waals surface area contributed by atoms with Crippen LogP contribution in [0.15, 0.2) is 72.9 Å². The van der Waals surface area contributed by atoms with E-state index in [0.717, 1.165) is 44.9 Å². The van der Waals surface area contributed by atoms with Crippen LogP contribution in [-0.2, 0) is 14.9 Å². The summed E-state index contributed by atoms with van der Waals surface area (Å²) < 4.78 is 32.4. The van der Waals surface area contributed by atoms with Gasteiger partial charge in [0, 0.05) is 6.42 Å². The summed E-state index contributed by atoms with van der Waals surface area (Å²) in [5.74, 6) is -1.15. The highest BCUT2D eigenvalue weighted by Crippen LogP contribution is 2.14. The summed E-state index contributed by atoms with van der Waals surface area (Å²) in [5, 5.41) is 13.1. The molecule has 0 saturated carbocycles. The molecule has 0 aromatic heterocycles. The highest BCUT2D eigenvalue weighted by atomic mass is 32.2. The molecule has 0 bridgehead atoms. The van der Waals surface area contributed by atoms with E-state index in [2.05, 4.69) is 61.7 Å². The molecular weight excluding hydrogens is 631 g/mol. The lowest BCUT2D eigenvalue weighted by molar-refractivity contribution is -0.121. The lowest BCUT2D eigenvalue weighted by Gasteiger charge is -2.20. The van der Waals surface area contributed by atoms with E-state index < -0.39 is 33.9 Å². The van der Waals surface area contributed by atoms with Gasteiger partial charge >= 0.3 is 0 Å². The smallest absolute Gasteiger partial charge is 0.267 e. The van der Waals surface area contributed by atoms with Gasteiger partial charge in [-0.25, -0.2) is 0 Å². The zero-order chi connectivity index (χ0) is 36.1. The van der Waals surface area contributed by atoms with Gasteiger partial charge in [0.25, 0.3) is 10.1 Å². The number of aliphatic hydroxyl groups excluding tert-OH is 1. The van der Waals surface area contributed by atoms with Crippen LogP contribution >= 0.6 is 0 Å². The van der Waals surface area contributed by atoms with E-state index in [1.807, 2.05) is 18.2 Å². The highest BCUT2D eigenvalue weighted by Gasteiger charge is 2.24. The van der Waals surface area contributed by atoms with Crippen molar-refractivity contribution in [3.05, 3.63) is 72.9 Å². The molecule has 0 radical (unpaired) electrons. The van der Waals surface area contributed by atoms with Gasteiger partial charge in [0.1, 0.15) is 0 Å². The summed E-state index contributed by atoms with van der Waals surface area (Å²) in [6, 6.07) is -1.11. The van der Waals surface area contributed by atoms with E-state index in [1.165, 1.54) is 102 Å². The lowest BCUT2D eigenvalue weighted by atomic mass is 10.0. The third kappa shape index (κ3) is 36.9. The van der Waals surface area contributed by atoms with E-state index in [4.69, 9.17) is 0 Å². The molecule has 7 heteroatoms. The molecule has 1 amide bonds. The Morgan fingerprint density at radius 1 is 0.571 bits per heavy atom. The van der Waals surface area contributed by atoms with Crippen molar-refractivity contribution in [2.45, 2.75) is 180 Å². The Hall–Kier alpha value is -2.22. The lowest BCUT2D eigenvalue weighted by Crippen LogP contribution is -2.46. The second-order valence-electron chi connectivity index (χ2n) is 13.2. The molecule has 0 aliphatic heterocycles. The zero-order valence-corrected chi connectivity index (χ0v) is 32.1. The monoisotopic (exact) mass is 704 g/mol. The van der Waals surface area contributed by atoms with Crippen LogP contribution in [0.1, 0.15) is 168 Å². The number of rotatable bonds is 34. The molecule has 0 rings (SSSR count). The predicted molar refractivity (Wildman–Crippen MR) is 211 cm³/mol. The van der Waals surface area contributed by atoms with Crippen LogP contribution in [0.4, 0.5) is 0 Å². The summed E-state index contributed by atoms with van der Waals surface area (Å²) >= 11 is 0. The molecule has 0 aliphatic carbocycles. The Morgan fingerprint density at radius 3 is 1.37 bits per heavy atom. The number of allylic oxidation sites excluding steroid dienone is 10. The van der Waals surface area contributed by atoms with Gasteiger partial charge in [-0.2, -0.15) is 8.42 Å². The largest absolute Gasteiger partial charge is 0.387 e. The molecule has 0 fully saturated rings. The van der Waals surface area contributed by atoms with E-state index in [9.17, 15) is 22.9 Å². The average molecular weight is 704 g/mol. The van der Waals surface area contributed by atoms with Crippen LogP contribution in [0, 0.1) is 0 Å². The summed E-state index contributed by atoms with van der Waals surface area (Å²) in [6.07, 6.45) is 50.6. The third-order valence-corrected chi connectivity index (χ3v) is 9.20. The van der Waals surface area contributed by atoms with Gasteiger partial charge in [-0.15, -0.1) is 0 Å². The van der Waals surface area contributed by atoms with Gasteiger partial charge in [-0.3, -0.25) is 9.35 Å². The number of hydrogen-bond donors (Lipinski definition) is 3. The molecule has 2 unspecified atom stereocenters. The standard InChI is InChI=1S/C42H73NO5S/c1-3-5-7-9-11-13-15-17-19-20-21-22-24-25-27-29-31-33-35-37-41(44)40(39-49(46,47)48)43-42(45)38-36-34-32-30-28-26-23-18-16-14-12-10-8-6-4-2/h6,8,12,14,18,23,28,30,34-37,40-41,44H,3-5,7,9-11,13,15-17,19-22,24-27,29,31-33,38-39H2,1-2H3,(H,43,45)(H,46,47,48)/b8-6-,14-12-,23-18-,30-28-,36-34-,37-35+. The number of carbonyl (C=O) groups is 1. The fourth-order valence-electron chi connectivity index (χ4n) is 5.52. The highest BCUT2D eigenvalue weighted by molar-refractivity contribution is 7.85. The predicted octanol–water partition coefficient (Wildman–Crippen LogP) is 11.5. The van der Waals surface area contributed by atoms with Gasteiger partial charge in [-0.1, -0.05) is 189 Å². The van der Waals surface area contributed by atoms with Gasteiger partial charge in [0.15, 0.2) is 0 Å². The SMILES string of the molecule is CC/C=C\C/C=C\C/C=C\C/C=C\C/C=C\CC(=O)NC(CS(=O)(=O)O)C(O)/C=C/CCCCCCCCCCCCCCCCCCC. The average Bonchev–Trinajstić information content (AvgIpc) is 3.06. The van der Waals surface area contributed by atoms with Crippen LogP contribution in [0.25, 0.3) is 0 Å². The molecule has 0 heterocycles. The quantitative estimate of drug-likeness (QED) is 0.0351. The van der Waals surface area contributed by atoms with Crippen molar-refractivity contribution in [1.82, 2.24) is 5.32 Å². The zero-order valence-electron chi connectivity index (χ0n) is 31.3. The van der Waals surface area contributed by atoms with E-state index in [1.54, 1.807) is 6.08 Å². The summed E-state index contributed by atoms with van der Waals surface area (Å²) in [4.78, 5) is 12.4. The van der Waals surface area contributed by atoms with Crippen molar-refractivity contribution in [3.8, 4) is 0 Å². The van der Waals surface area contributed by atoms with Crippen molar-refractivity contribution in [2.24, 2.45) is 0 Å². The van der Waals surface area contributed by atoms with Crippen molar-refractivity contribution >= 4 is 16.0 Å². The minimum atomic E-state index is -4.38. The van der Waals surface area contributed by atoms with Crippen molar-refractivity contribution in [1.29, 1.82) is 0 Å². The second-order valence-corrected chi connectivity index (χ2v) is 14.7. The Morgan fingerprint density at radius 2 is 0.959 bits per heavy atom. The Labute approximate surface area is 302 Å². The van der Waals surface area contributed by atoms with Crippen molar-refractivity contribution < 1.29 is 22.9 Å². The Kier molecular flexibility index (Phi) is 34.0. The number of aliphatic hydroxyl groups is 1. The third-order valence-electron chi connectivity index (χ3n) is 8.42. The number of hydrogen-bond acceptors (Lipinski definition) is 4. The summed E-state index contributed by atoms with van der Waals surface area (Å²) in [5.41, 5.74) is 0. The second kappa shape index (κ2) is 35.6. The van der Waals surface area contributed by atoms with Crippen LogP contribution in [0.2, 0.25) is 0 Å². The van der Waals surface area contributed by atoms with Gasteiger partial charge in [-0.05, 0) is 44.9 Å². The van der Waals surface area contributed by atoms with Gasteiger partial charge in [0.05, 0.1) is 17.9 Å². The maximum Gasteiger partial charge on any atom is 0.267 e. The fraction of sp³-hybridized carbons (Fsp3) is 0.690. The molecular formula is C42H73NO5S. The molecule has 6 nitrogen and oxygen atoms in total. The van der Waals surface area contributed by atoms with Crippen molar-refractivity contribution in [3.63, 3.8) is 0 Å². The van der Waals surface area contributed by atoms with Gasteiger partial charge < -0.3 is 10.4 Å². The number of amides is 1. The number of carbonyl (C=O) groups excluding carboxylic acids is 1. The van der Waals surface area contributed by atoms with Crippen molar-refractivity contribution in [2.75, 3.05) is 5.75 Å². The number of nitrogens with one attached hydrogen (secondary N) is 1. The van der Waals surface area contributed by atoms with Crippen LogP contribution in [0.3, 0.4) is 0 Å².